The van der Waals surface area contributed by atoms with Crippen molar-refractivity contribution in [3.8, 4) is 0 Å². The number of hydrogen-bond donors (Lipinski definition) is 1. The third-order valence-corrected chi connectivity index (χ3v) is 7.77. The van der Waals surface area contributed by atoms with Crippen LogP contribution in [0, 0.1) is 5.41 Å². The van der Waals surface area contributed by atoms with Crippen LogP contribution in [0.1, 0.15) is 43.2 Å². The van der Waals surface area contributed by atoms with Crippen molar-refractivity contribution in [2.24, 2.45) is 10.4 Å². The van der Waals surface area contributed by atoms with E-state index in [0.29, 0.717) is 6.10 Å². The highest BCUT2D eigenvalue weighted by Crippen LogP contribution is 2.60. The zero-order valence-electron chi connectivity index (χ0n) is 15.1. The van der Waals surface area contributed by atoms with E-state index < -0.39 is 0 Å². The van der Waals surface area contributed by atoms with Crippen molar-refractivity contribution in [3.05, 3.63) is 33.8 Å². The number of hydrogen-bond acceptors (Lipinski definition) is 3. The number of methoxy groups -OCH3 is 1. The number of benzene rings is 1. The van der Waals surface area contributed by atoms with Crippen LogP contribution in [0.2, 0.25) is 0 Å². The lowest BCUT2D eigenvalue weighted by atomic mass is 9.61. The molecule has 4 aliphatic rings. The molecular formula is C20H24BrN3OS. The summed E-state index contributed by atoms with van der Waals surface area (Å²) in [5, 5.41) is 4.66. The summed E-state index contributed by atoms with van der Waals surface area (Å²) in [6, 6.07) is 6.75. The van der Waals surface area contributed by atoms with Crippen LogP contribution in [-0.4, -0.2) is 42.2 Å². The second kappa shape index (κ2) is 6.01. The molecule has 26 heavy (non-hydrogen) atoms. The van der Waals surface area contributed by atoms with Gasteiger partial charge in [0.15, 0.2) is 5.11 Å². The second-order valence-corrected chi connectivity index (χ2v) is 9.39. The Morgan fingerprint density at radius 2 is 2.15 bits per heavy atom. The number of rotatable bonds is 1. The van der Waals surface area contributed by atoms with Crippen molar-refractivity contribution in [2.75, 3.05) is 20.2 Å². The van der Waals surface area contributed by atoms with Gasteiger partial charge in [-0.15, -0.1) is 0 Å². The maximum absolute atomic E-state index is 5.78. The minimum atomic E-state index is -0.275. The van der Waals surface area contributed by atoms with E-state index in [9.17, 15) is 0 Å². The van der Waals surface area contributed by atoms with E-state index in [1.165, 1.54) is 17.0 Å². The quantitative estimate of drug-likeness (QED) is 0.683. The Morgan fingerprint density at radius 1 is 1.35 bits per heavy atom. The topological polar surface area (TPSA) is 36.9 Å². The minimum Gasteiger partial charge on any atom is -0.381 e. The first-order valence-corrected chi connectivity index (χ1v) is 10.8. The lowest BCUT2D eigenvalue weighted by molar-refractivity contribution is 0.00770. The summed E-state index contributed by atoms with van der Waals surface area (Å²) < 4.78 is 6.80. The Bertz CT molecular complexity index is 802. The molecule has 2 heterocycles. The van der Waals surface area contributed by atoms with Crippen molar-refractivity contribution < 1.29 is 4.74 Å². The van der Waals surface area contributed by atoms with Crippen molar-refractivity contribution in [3.63, 3.8) is 0 Å². The largest absolute Gasteiger partial charge is 0.381 e. The van der Waals surface area contributed by atoms with Crippen molar-refractivity contribution in [1.82, 2.24) is 10.2 Å². The van der Waals surface area contributed by atoms with Crippen LogP contribution in [0.4, 0.5) is 0 Å². The van der Waals surface area contributed by atoms with Crippen LogP contribution in [0.25, 0.3) is 0 Å². The number of amidine groups is 1. The molecule has 2 fully saturated rings. The van der Waals surface area contributed by atoms with Gasteiger partial charge >= 0.3 is 0 Å². The molecule has 0 aromatic heterocycles. The number of nitrogens with zero attached hydrogens (tertiary/aromatic N) is 2. The van der Waals surface area contributed by atoms with Gasteiger partial charge in [-0.1, -0.05) is 22.0 Å². The van der Waals surface area contributed by atoms with E-state index in [2.05, 4.69) is 44.3 Å². The van der Waals surface area contributed by atoms with Gasteiger partial charge in [0.05, 0.1) is 6.10 Å². The number of thiocarbonyl (C=S) groups is 1. The zero-order valence-corrected chi connectivity index (χ0v) is 17.5. The average molecular weight is 434 g/mol. The van der Waals surface area contributed by atoms with E-state index in [0.717, 1.165) is 61.2 Å². The number of aliphatic imine (C=N–C) groups is 1. The molecule has 2 aliphatic heterocycles. The van der Waals surface area contributed by atoms with E-state index in [-0.39, 0.29) is 11.0 Å². The Morgan fingerprint density at radius 3 is 2.92 bits per heavy atom. The van der Waals surface area contributed by atoms with E-state index in [4.69, 9.17) is 21.9 Å². The summed E-state index contributed by atoms with van der Waals surface area (Å²) in [4.78, 5) is 7.30. The van der Waals surface area contributed by atoms with Crippen molar-refractivity contribution in [2.45, 2.75) is 50.2 Å². The van der Waals surface area contributed by atoms with E-state index >= 15 is 0 Å². The van der Waals surface area contributed by atoms with Gasteiger partial charge in [-0.25, -0.2) is 0 Å². The van der Waals surface area contributed by atoms with Crippen LogP contribution in [0.5, 0.6) is 0 Å². The molecule has 138 valence electrons. The van der Waals surface area contributed by atoms with Crippen LogP contribution in [0.3, 0.4) is 0 Å². The van der Waals surface area contributed by atoms with Crippen LogP contribution in [0.15, 0.2) is 27.7 Å². The van der Waals surface area contributed by atoms with Gasteiger partial charge in [0.1, 0.15) is 11.4 Å². The zero-order chi connectivity index (χ0) is 17.9. The van der Waals surface area contributed by atoms with Gasteiger partial charge in [-0.2, -0.15) is 0 Å². The third kappa shape index (κ3) is 2.15. The molecule has 1 unspecified atom stereocenters. The highest BCUT2D eigenvalue weighted by Gasteiger charge is 2.65. The maximum Gasteiger partial charge on any atom is 0.175 e. The Labute approximate surface area is 168 Å². The van der Waals surface area contributed by atoms with Gasteiger partial charge in [0.25, 0.3) is 0 Å². The summed E-state index contributed by atoms with van der Waals surface area (Å²) in [5.41, 5.74) is 2.66. The fourth-order valence-corrected chi connectivity index (χ4v) is 6.42. The predicted molar refractivity (Wildman–Crippen MR) is 111 cm³/mol. The molecule has 1 saturated carbocycles. The standard InChI is InChI=1S/C20H24BrN3OS/c1-25-15-5-7-19(8-6-15)12-13-3-4-14(21)11-16(13)20(19)17-22-9-2-10-24(17)18(26)23-20/h3-4,11,15H,2,5-10,12H2,1H3,(H,23,26). The van der Waals surface area contributed by atoms with E-state index in [1.807, 2.05) is 7.11 Å². The van der Waals surface area contributed by atoms with Gasteiger partial charge in [0, 0.05) is 30.1 Å². The number of ether oxygens (including phenoxy) is 1. The summed E-state index contributed by atoms with van der Waals surface area (Å²) in [6.07, 6.45) is 7.04. The summed E-state index contributed by atoms with van der Waals surface area (Å²) in [6.45, 7) is 1.88. The van der Waals surface area contributed by atoms with Crippen molar-refractivity contribution >= 4 is 39.1 Å². The average Bonchev–Trinajstić information content (AvgIpc) is 3.11. The molecule has 5 rings (SSSR count). The predicted octanol–water partition coefficient (Wildman–Crippen LogP) is 3.77. The molecular weight excluding hydrogens is 410 g/mol. The Hall–Kier alpha value is -0.980. The molecule has 4 nitrogen and oxygen atoms in total. The first kappa shape index (κ1) is 17.1. The minimum absolute atomic E-state index is 0.125. The SMILES string of the molecule is COC1CCC2(CC1)Cc1ccc(Br)cc1C21NC(=S)N2CCCN=C21. The highest BCUT2D eigenvalue weighted by molar-refractivity contribution is 9.10. The highest BCUT2D eigenvalue weighted by atomic mass is 79.9. The molecule has 2 aliphatic carbocycles. The maximum atomic E-state index is 5.78. The smallest absolute Gasteiger partial charge is 0.175 e. The Kier molecular flexibility index (Phi) is 3.96. The summed E-state index contributed by atoms with van der Waals surface area (Å²) >= 11 is 9.48. The number of halogens is 1. The van der Waals surface area contributed by atoms with Crippen LogP contribution < -0.4 is 5.32 Å². The molecule has 2 spiro atoms. The third-order valence-electron chi connectivity index (χ3n) is 6.96. The molecule has 0 bridgehead atoms. The second-order valence-electron chi connectivity index (χ2n) is 8.08. The molecule has 1 saturated heterocycles. The van der Waals surface area contributed by atoms with Gasteiger partial charge in [-0.3, -0.25) is 4.99 Å². The first-order valence-electron chi connectivity index (χ1n) is 9.56. The van der Waals surface area contributed by atoms with Gasteiger partial charge < -0.3 is 15.0 Å². The molecule has 0 radical (unpaired) electrons. The van der Waals surface area contributed by atoms with Crippen LogP contribution >= 0.6 is 28.1 Å². The fourth-order valence-electron chi connectivity index (χ4n) is 5.73. The fraction of sp³-hybridized carbons (Fsp3) is 0.600. The lowest BCUT2D eigenvalue weighted by Crippen LogP contribution is -2.57. The van der Waals surface area contributed by atoms with E-state index in [1.54, 1.807) is 0 Å². The Balaban J connectivity index is 1.70. The van der Waals surface area contributed by atoms with Crippen LogP contribution in [-0.2, 0) is 16.7 Å². The van der Waals surface area contributed by atoms with Gasteiger partial charge in [-0.05, 0) is 74.0 Å². The molecule has 1 N–H and O–H groups in total. The summed E-state index contributed by atoms with van der Waals surface area (Å²) in [7, 11) is 1.84. The first-order chi connectivity index (χ1) is 12.6. The molecule has 0 amide bonds. The number of nitrogens with one attached hydrogen (secondary N) is 1. The normalized spacial score (nSPS) is 35.5. The molecule has 1 atom stereocenters. The monoisotopic (exact) mass is 433 g/mol. The molecule has 6 heteroatoms. The van der Waals surface area contributed by atoms with Gasteiger partial charge in [0.2, 0.25) is 0 Å². The summed E-state index contributed by atoms with van der Waals surface area (Å²) in [5.74, 6) is 1.17. The van der Waals surface area contributed by atoms with Crippen molar-refractivity contribution in [1.29, 1.82) is 0 Å². The molecule has 1 aromatic rings. The lowest BCUT2D eigenvalue weighted by Gasteiger charge is -2.48. The number of fused-ring (bicyclic) bond motifs is 5. The molecule has 1 aromatic carbocycles.